The van der Waals surface area contributed by atoms with Crippen molar-refractivity contribution in [3.8, 4) is 0 Å². The van der Waals surface area contributed by atoms with E-state index in [0.29, 0.717) is 12.2 Å². The molecule has 3 aromatic rings. The van der Waals surface area contributed by atoms with Crippen LogP contribution in [0.25, 0.3) is 0 Å². The number of aromatic nitrogens is 2. The van der Waals surface area contributed by atoms with E-state index >= 15 is 0 Å². The molecule has 1 atom stereocenters. The number of pyridine rings is 2. The van der Waals surface area contributed by atoms with Crippen LogP contribution in [0.1, 0.15) is 28.5 Å². The highest BCUT2D eigenvalue weighted by atomic mass is 16.2. The number of carbonyl (C=O) groups excluding carboxylic acids is 1. The van der Waals surface area contributed by atoms with Crippen LogP contribution in [0.5, 0.6) is 0 Å². The van der Waals surface area contributed by atoms with Crippen molar-refractivity contribution < 1.29 is 4.79 Å². The number of benzene rings is 1. The highest BCUT2D eigenvalue weighted by Crippen LogP contribution is 2.33. The van der Waals surface area contributed by atoms with Crippen molar-refractivity contribution in [1.29, 1.82) is 0 Å². The predicted molar refractivity (Wildman–Crippen MR) is 102 cm³/mol. The van der Waals surface area contributed by atoms with Gasteiger partial charge in [0.05, 0.1) is 0 Å². The molecular weight excluding hydrogens is 324 g/mol. The molecule has 1 aliphatic rings. The van der Waals surface area contributed by atoms with Gasteiger partial charge in [0.2, 0.25) is 0 Å². The maximum Gasteiger partial charge on any atom is 0.277 e. The van der Waals surface area contributed by atoms with E-state index in [1.165, 1.54) is 5.56 Å². The number of carbonyl (C=O) groups is 1. The van der Waals surface area contributed by atoms with Gasteiger partial charge in [0.1, 0.15) is 5.69 Å². The molecular formula is C21H20N4O. The van der Waals surface area contributed by atoms with Crippen molar-refractivity contribution in [3.05, 3.63) is 83.9 Å². The maximum atomic E-state index is 13.1. The molecule has 2 aromatic heterocycles. The first-order chi connectivity index (χ1) is 12.7. The number of amides is 1. The number of fused-ring (bicyclic) bond motifs is 1. The minimum Gasteiger partial charge on any atom is -0.381 e. The first-order valence-electron chi connectivity index (χ1n) is 8.72. The number of rotatable bonds is 4. The Morgan fingerprint density at radius 3 is 2.81 bits per heavy atom. The molecule has 0 bridgehead atoms. The summed E-state index contributed by atoms with van der Waals surface area (Å²) in [6.07, 6.45) is 6.09. The van der Waals surface area contributed by atoms with Crippen molar-refractivity contribution in [2.24, 2.45) is 0 Å². The van der Waals surface area contributed by atoms with Crippen molar-refractivity contribution in [2.45, 2.75) is 25.9 Å². The van der Waals surface area contributed by atoms with E-state index < -0.39 is 0 Å². The molecule has 1 N–H and O–H groups in total. The number of nitrogens with one attached hydrogen (secondary N) is 1. The van der Waals surface area contributed by atoms with Crippen LogP contribution in [0.4, 0.5) is 11.4 Å². The predicted octanol–water partition coefficient (Wildman–Crippen LogP) is 3.68. The Labute approximate surface area is 152 Å². The number of nitrogens with zero attached hydrogens (tertiary/aromatic N) is 3. The van der Waals surface area contributed by atoms with Gasteiger partial charge in [-0.05, 0) is 54.8 Å². The van der Waals surface area contributed by atoms with Gasteiger partial charge in [-0.2, -0.15) is 0 Å². The lowest BCUT2D eigenvalue weighted by molar-refractivity contribution is 0.0976. The van der Waals surface area contributed by atoms with Crippen LogP contribution in [-0.4, -0.2) is 21.9 Å². The summed E-state index contributed by atoms with van der Waals surface area (Å²) >= 11 is 0. The third kappa shape index (κ3) is 3.16. The first-order valence-corrected chi connectivity index (χ1v) is 8.72. The Bertz CT molecular complexity index is 926. The third-order valence-corrected chi connectivity index (χ3v) is 4.65. The highest BCUT2D eigenvalue weighted by Gasteiger charge is 2.31. The van der Waals surface area contributed by atoms with E-state index in [0.717, 1.165) is 23.4 Å². The molecule has 3 heterocycles. The molecule has 5 nitrogen and oxygen atoms in total. The topological polar surface area (TPSA) is 58.1 Å². The number of hydrogen-bond donors (Lipinski definition) is 1. The van der Waals surface area contributed by atoms with Gasteiger partial charge in [0, 0.05) is 42.6 Å². The maximum absolute atomic E-state index is 13.1. The molecule has 130 valence electrons. The summed E-state index contributed by atoms with van der Waals surface area (Å²) in [4.78, 5) is 23.2. The number of para-hydroxylation sites is 1. The van der Waals surface area contributed by atoms with Crippen LogP contribution in [-0.2, 0) is 13.0 Å². The van der Waals surface area contributed by atoms with Crippen LogP contribution < -0.4 is 10.2 Å². The minimum absolute atomic E-state index is 0.0602. The second-order valence-electron chi connectivity index (χ2n) is 6.50. The van der Waals surface area contributed by atoms with Crippen LogP contribution in [0.15, 0.2) is 67.1 Å². The van der Waals surface area contributed by atoms with Gasteiger partial charge in [-0.25, -0.2) is 0 Å². The van der Waals surface area contributed by atoms with Crippen molar-refractivity contribution in [3.63, 3.8) is 0 Å². The Morgan fingerprint density at radius 1 is 1.15 bits per heavy atom. The third-order valence-electron chi connectivity index (χ3n) is 4.65. The molecule has 0 fully saturated rings. The summed E-state index contributed by atoms with van der Waals surface area (Å²) in [5, 5.41) is 3.34. The summed E-state index contributed by atoms with van der Waals surface area (Å²) in [6, 6.07) is 15.8. The monoisotopic (exact) mass is 344 g/mol. The Balaban J connectivity index is 1.54. The zero-order valence-corrected chi connectivity index (χ0v) is 14.6. The largest absolute Gasteiger partial charge is 0.381 e. The van der Waals surface area contributed by atoms with E-state index in [9.17, 15) is 4.79 Å². The Kier molecular flexibility index (Phi) is 4.35. The Hall–Kier alpha value is -3.21. The highest BCUT2D eigenvalue weighted by molar-refractivity contribution is 6.06. The average Bonchev–Trinajstić information content (AvgIpc) is 3.02. The molecule has 5 heteroatoms. The summed E-state index contributed by atoms with van der Waals surface area (Å²) in [5.41, 5.74) is 4.66. The van der Waals surface area contributed by atoms with Crippen LogP contribution in [0.2, 0.25) is 0 Å². The molecule has 26 heavy (non-hydrogen) atoms. The number of hydrogen-bond acceptors (Lipinski definition) is 4. The SMILES string of the molecule is CC1Cc2ccccc2N1C(=O)c1cc(NCc2ccncc2)ccn1. The lowest BCUT2D eigenvalue weighted by Gasteiger charge is -2.22. The van der Waals surface area contributed by atoms with Gasteiger partial charge in [-0.3, -0.25) is 14.8 Å². The normalized spacial score (nSPS) is 15.6. The fraction of sp³-hybridized carbons (Fsp3) is 0.190. The average molecular weight is 344 g/mol. The zero-order chi connectivity index (χ0) is 17.9. The van der Waals surface area contributed by atoms with E-state index in [1.54, 1.807) is 18.6 Å². The van der Waals surface area contributed by atoms with Crippen LogP contribution in [0, 0.1) is 0 Å². The molecule has 0 radical (unpaired) electrons. The van der Waals surface area contributed by atoms with Crippen molar-refractivity contribution >= 4 is 17.3 Å². The molecule has 0 saturated heterocycles. The molecule has 0 aliphatic carbocycles. The standard InChI is InChI=1S/C21H20N4O/c1-15-12-17-4-2-3-5-20(17)25(15)21(26)19-13-18(8-11-23-19)24-14-16-6-9-22-10-7-16/h2-11,13,15H,12,14H2,1H3,(H,23,24). The molecule has 1 aromatic carbocycles. The first kappa shape index (κ1) is 16.3. The van der Waals surface area contributed by atoms with E-state index in [1.807, 2.05) is 47.4 Å². The Morgan fingerprint density at radius 2 is 1.96 bits per heavy atom. The van der Waals surface area contributed by atoms with Gasteiger partial charge in [-0.15, -0.1) is 0 Å². The van der Waals surface area contributed by atoms with E-state index in [-0.39, 0.29) is 11.9 Å². The van der Waals surface area contributed by atoms with Crippen molar-refractivity contribution in [1.82, 2.24) is 9.97 Å². The quantitative estimate of drug-likeness (QED) is 0.784. The smallest absolute Gasteiger partial charge is 0.277 e. The summed E-state index contributed by atoms with van der Waals surface area (Å²) in [6.45, 7) is 2.74. The zero-order valence-electron chi connectivity index (χ0n) is 14.6. The molecule has 4 rings (SSSR count). The second kappa shape index (κ2) is 6.96. The minimum atomic E-state index is -0.0602. The number of anilines is 2. The molecule has 1 aliphatic heterocycles. The van der Waals surface area contributed by atoms with E-state index in [4.69, 9.17) is 0 Å². The van der Waals surface area contributed by atoms with Crippen LogP contribution in [0.3, 0.4) is 0 Å². The summed E-state index contributed by atoms with van der Waals surface area (Å²) in [5.74, 6) is -0.0602. The van der Waals surface area contributed by atoms with E-state index in [2.05, 4.69) is 28.3 Å². The van der Waals surface area contributed by atoms with Gasteiger partial charge in [0.15, 0.2) is 0 Å². The molecule has 1 amide bonds. The van der Waals surface area contributed by atoms with Crippen molar-refractivity contribution in [2.75, 3.05) is 10.2 Å². The van der Waals surface area contributed by atoms with Gasteiger partial charge in [-0.1, -0.05) is 18.2 Å². The second-order valence-corrected chi connectivity index (χ2v) is 6.50. The fourth-order valence-electron chi connectivity index (χ4n) is 3.36. The van der Waals surface area contributed by atoms with Gasteiger partial charge >= 0.3 is 0 Å². The lowest BCUT2D eigenvalue weighted by atomic mass is 10.1. The molecule has 0 spiro atoms. The molecule has 1 unspecified atom stereocenters. The van der Waals surface area contributed by atoms with Crippen LogP contribution >= 0.6 is 0 Å². The van der Waals surface area contributed by atoms with Gasteiger partial charge in [0.25, 0.3) is 5.91 Å². The molecule has 0 saturated carbocycles. The summed E-state index contributed by atoms with van der Waals surface area (Å²) in [7, 11) is 0. The summed E-state index contributed by atoms with van der Waals surface area (Å²) < 4.78 is 0. The fourth-order valence-corrected chi connectivity index (χ4v) is 3.36. The van der Waals surface area contributed by atoms with Gasteiger partial charge < -0.3 is 10.2 Å². The lowest BCUT2D eigenvalue weighted by Crippen LogP contribution is -2.36.